The lowest BCUT2D eigenvalue weighted by Gasteiger charge is -2.13. The second kappa shape index (κ2) is 4.27. The predicted octanol–water partition coefficient (Wildman–Crippen LogP) is 2.07. The van der Waals surface area contributed by atoms with Crippen molar-refractivity contribution in [2.75, 3.05) is 13.2 Å². The van der Waals surface area contributed by atoms with Crippen molar-refractivity contribution in [2.45, 2.75) is 6.42 Å². The van der Waals surface area contributed by atoms with Crippen LogP contribution in [0, 0.1) is 3.57 Å². The number of halogens is 1. The van der Waals surface area contributed by atoms with Gasteiger partial charge in [0.15, 0.2) is 0 Å². The Morgan fingerprint density at radius 1 is 1.36 bits per heavy atom. The van der Waals surface area contributed by atoms with Crippen molar-refractivity contribution in [2.24, 2.45) is 0 Å². The standard InChI is InChI=1S/C10H10INO2/c11-9-4-2-8(3-5-9)10(13)12-6-1-7-14-12/h2-5H,1,6-7H2. The summed E-state index contributed by atoms with van der Waals surface area (Å²) in [6, 6.07) is 7.49. The Bertz CT molecular complexity index is 330. The zero-order valence-electron chi connectivity index (χ0n) is 7.57. The second-order valence-corrected chi connectivity index (χ2v) is 4.35. The van der Waals surface area contributed by atoms with Gasteiger partial charge in [0, 0.05) is 9.13 Å². The summed E-state index contributed by atoms with van der Waals surface area (Å²) in [5.74, 6) is -0.0427. The summed E-state index contributed by atoms with van der Waals surface area (Å²) in [5, 5.41) is 1.43. The molecule has 1 aliphatic heterocycles. The maximum absolute atomic E-state index is 11.8. The summed E-state index contributed by atoms with van der Waals surface area (Å²) >= 11 is 2.21. The van der Waals surface area contributed by atoms with Crippen molar-refractivity contribution < 1.29 is 9.63 Å². The molecule has 1 amide bonds. The summed E-state index contributed by atoms with van der Waals surface area (Å²) < 4.78 is 1.13. The molecule has 1 heterocycles. The number of rotatable bonds is 1. The Labute approximate surface area is 96.1 Å². The average Bonchev–Trinajstić information content (AvgIpc) is 2.71. The Morgan fingerprint density at radius 3 is 2.64 bits per heavy atom. The number of carbonyl (C=O) groups excluding carboxylic acids is 1. The molecule has 0 spiro atoms. The van der Waals surface area contributed by atoms with Crippen molar-refractivity contribution in [3.63, 3.8) is 0 Å². The molecule has 0 aliphatic carbocycles. The van der Waals surface area contributed by atoms with E-state index >= 15 is 0 Å². The Kier molecular flexibility index (Phi) is 3.02. The molecular weight excluding hydrogens is 293 g/mol. The third kappa shape index (κ3) is 2.06. The SMILES string of the molecule is O=C(c1ccc(I)cc1)N1CCCO1. The maximum atomic E-state index is 11.8. The van der Waals surface area contributed by atoms with Crippen LogP contribution in [0.1, 0.15) is 16.8 Å². The van der Waals surface area contributed by atoms with Crippen LogP contribution >= 0.6 is 22.6 Å². The first-order valence-electron chi connectivity index (χ1n) is 4.48. The zero-order chi connectivity index (χ0) is 9.97. The number of hydroxylamine groups is 2. The lowest BCUT2D eigenvalue weighted by molar-refractivity contribution is -0.0768. The van der Waals surface area contributed by atoms with Gasteiger partial charge in [-0.05, 0) is 53.3 Å². The van der Waals surface area contributed by atoms with E-state index in [4.69, 9.17) is 4.84 Å². The second-order valence-electron chi connectivity index (χ2n) is 3.10. The molecule has 4 heteroatoms. The molecule has 0 saturated carbocycles. The molecule has 0 radical (unpaired) electrons. The van der Waals surface area contributed by atoms with E-state index < -0.39 is 0 Å². The van der Waals surface area contributed by atoms with Gasteiger partial charge in [0.05, 0.1) is 13.2 Å². The highest BCUT2D eigenvalue weighted by molar-refractivity contribution is 14.1. The fraction of sp³-hybridized carbons (Fsp3) is 0.300. The first kappa shape index (κ1) is 9.92. The number of carbonyl (C=O) groups is 1. The first-order valence-corrected chi connectivity index (χ1v) is 5.55. The van der Waals surface area contributed by atoms with Crippen LogP contribution in [0.3, 0.4) is 0 Å². The molecule has 0 unspecified atom stereocenters. The number of amides is 1. The van der Waals surface area contributed by atoms with Crippen molar-refractivity contribution in [1.82, 2.24) is 5.06 Å². The van der Waals surface area contributed by atoms with Crippen LogP contribution in [0.4, 0.5) is 0 Å². The first-order chi connectivity index (χ1) is 6.77. The molecular formula is C10H10INO2. The van der Waals surface area contributed by atoms with Gasteiger partial charge < -0.3 is 0 Å². The van der Waals surface area contributed by atoms with E-state index in [0.29, 0.717) is 18.7 Å². The summed E-state index contributed by atoms with van der Waals surface area (Å²) in [4.78, 5) is 16.9. The smallest absolute Gasteiger partial charge is 0.271 e. The number of hydrogen-bond acceptors (Lipinski definition) is 2. The zero-order valence-corrected chi connectivity index (χ0v) is 9.73. The molecule has 14 heavy (non-hydrogen) atoms. The normalized spacial score (nSPS) is 15.9. The number of nitrogens with zero attached hydrogens (tertiary/aromatic N) is 1. The van der Waals surface area contributed by atoms with E-state index in [0.717, 1.165) is 9.99 Å². The lowest BCUT2D eigenvalue weighted by atomic mass is 10.2. The quantitative estimate of drug-likeness (QED) is 0.743. The van der Waals surface area contributed by atoms with E-state index in [1.807, 2.05) is 24.3 Å². The molecule has 0 bridgehead atoms. The topological polar surface area (TPSA) is 29.5 Å². The van der Waals surface area contributed by atoms with Crippen molar-refractivity contribution >= 4 is 28.5 Å². The monoisotopic (exact) mass is 303 g/mol. The van der Waals surface area contributed by atoms with Gasteiger partial charge in [0.25, 0.3) is 5.91 Å². The molecule has 0 N–H and O–H groups in total. The van der Waals surface area contributed by atoms with Gasteiger partial charge >= 0.3 is 0 Å². The van der Waals surface area contributed by atoms with Crippen molar-refractivity contribution in [1.29, 1.82) is 0 Å². The molecule has 0 aromatic heterocycles. The Morgan fingerprint density at radius 2 is 2.07 bits per heavy atom. The minimum Gasteiger partial charge on any atom is -0.271 e. The van der Waals surface area contributed by atoms with Gasteiger partial charge in [-0.25, -0.2) is 5.06 Å². The van der Waals surface area contributed by atoms with Crippen LogP contribution in [-0.4, -0.2) is 24.1 Å². The van der Waals surface area contributed by atoms with E-state index in [-0.39, 0.29) is 5.91 Å². The minimum atomic E-state index is -0.0427. The van der Waals surface area contributed by atoms with Gasteiger partial charge in [-0.3, -0.25) is 9.63 Å². The molecule has 0 atom stereocenters. The summed E-state index contributed by atoms with van der Waals surface area (Å²) in [7, 11) is 0. The molecule has 1 saturated heterocycles. The number of hydrogen-bond donors (Lipinski definition) is 0. The van der Waals surface area contributed by atoms with Gasteiger partial charge in [-0.2, -0.15) is 0 Å². The van der Waals surface area contributed by atoms with Crippen LogP contribution < -0.4 is 0 Å². The van der Waals surface area contributed by atoms with Crippen LogP contribution in [0.5, 0.6) is 0 Å². The van der Waals surface area contributed by atoms with Crippen LogP contribution in [0.2, 0.25) is 0 Å². The molecule has 1 aliphatic rings. The van der Waals surface area contributed by atoms with Crippen molar-refractivity contribution in [3.05, 3.63) is 33.4 Å². The van der Waals surface area contributed by atoms with Gasteiger partial charge in [0.1, 0.15) is 0 Å². The van der Waals surface area contributed by atoms with Gasteiger partial charge in [-0.1, -0.05) is 0 Å². The third-order valence-corrected chi connectivity index (χ3v) is 2.79. The lowest BCUT2D eigenvalue weighted by Crippen LogP contribution is -2.26. The van der Waals surface area contributed by atoms with E-state index in [1.165, 1.54) is 5.06 Å². The fourth-order valence-electron chi connectivity index (χ4n) is 1.34. The van der Waals surface area contributed by atoms with Gasteiger partial charge in [-0.15, -0.1) is 0 Å². The van der Waals surface area contributed by atoms with Gasteiger partial charge in [0.2, 0.25) is 0 Å². The molecule has 1 fully saturated rings. The largest absolute Gasteiger partial charge is 0.277 e. The predicted molar refractivity (Wildman–Crippen MR) is 60.8 cm³/mol. The third-order valence-electron chi connectivity index (χ3n) is 2.07. The average molecular weight is 303 g/mol. The maximum Gasteiger partial charge on any atom is 0.277 e. The van der Waals surface area contributed by atoms with Crippen LogP contribution in [-0.2, 0) is 4.84 Å². The van der Waals surface area contributed by atoms with Crippen molar-refractivity contribution in [3.8, 4) is 0 Å². The fourth-order valence-corrected chi connectivity index (χ4v) is 1.70. The highest BCUT2D eigenvalue weighted by atomic mass is 127. The molecule has 1 aromatic carbocycles. The Balaban J connectivity index is 2.14. The highest BCUT2D eigenvalue weighted by Gasteiger charge is 2.20. The van der Waals surface area contributed by atoms with E-state index in [1.54, 1.807) is 0 Å². The summed E-state index contributed by atoms with van der Waals surface area (Å²) in [6.07, 6.45) is 0.927. The summed E-state index contributed by atoms with van der Waals surface area (Å²) in [6.45, 7) is 1.35. The highest BCUT2D eigenvalue weighted by Crippen LogP contribution is 2.12. The summed E-state index contributed by atoms with van der Waals surface area (Å²) in [5.41, 5.74) is 0.687. The molecule has 1 aromatic rings. The van der Waals surface area contributed by atoms with E-state index in [2.05, 4.69) is 22.6 Å². The molecule has 3 nitrogen and oxygen atoms in total. The van der Waals surface area contributed by atoms with E-state index in [9.17, 15) is 4.79 Å². The van der Waals surface area contributed by atoms with Crippen LogP contribution in [0.15, 0.2) is 24.3 Å². The van der Waals surface area contributed by atoms with Crippen LogP contribution in [0.25, 0.3) is 0 Å². The minimum absolute atomic E-state index is 0.0427. The Hall–Kier alpha value is -0.620. The molecule has 74 valence electrons. The molecule has 2 rings (SSSR count). The number of benzene rings is 1.